The Morgan fingerprint density at radius 3 is 2.86 bits per heavy atom. The maximum atomic E-state index is 10.1. The summed E-state index contributed by atoms with van der Waals surface area (Å²) in [5.74, 6) is 0.551. The molecule has 3 aliphatic rings. The molecule has 2 aliphatic heterocycles. The minimum atomic E-state index is -0.340. The van der Waals surface area contributed by atoms with Gasteiger partial charge in [-0.3, -0.25) is 0 Å². The summed E-state index contributed by atoms with van der Waals surface area (Å²) in [4.78, 5) is 0. The molecule has 0 spiro atoms. The third kappa shape index (κ3) is 0.805. The minimum absolute atomic E-state index is 0.0324. The van der Waals surface area contributed by atoms with E-state index in [1.54, 1.807) is 6.26 Å². The second-order valence-electron chi connectivity index (χ2n) is 4.97. The Kier molecular flexibility index (Phi) is 1.46. The molecule has 14 heavy (non-hydrogen) atoms. The van der Waals surface area contributed by atoms with Crippen molar-refractivity contribution in [2.45, 2.75) is 44.7 Å². The van der Waals surface area contributed by atoms with Gasteiger partial charge in [-0.1, -0.05) is 0 Å². The van der Waals surface area contributed by atoms with Gasteiger partial charge in [0, 0.05) is 11.8 Å². The van der Waals surface area contributed by atoms with Gasteiger partial charge in [-0.15, -0.1) is 0 Å². The summed E-state index contributed by atoms with van der Waals surface area (Å²) >= 11 is 0. The summed E-state index contributed by atoms with van der Waals surface area (Å²) in [5, 5.41) is 10.1. The van der Waals surface area contributed by atoms with Gasteiger partial charge < -0.3 is 14.6 Å². The predicted molar refractivity (Wildman–Crippen MR) is 50.6 cm³/mol. The van der Waals surface area contributed by atoms with Crippen LogP contribution in [0.2, 0.25) is 0 Å². The Balaban J connectivity index is 2.02. The third-order valence-electron chi connectivity index (χ3n) is 4.12. The van der Waals surface area contributed by atoms with E-state index in [2.05, 4.69) is 13.8 Å². The fourth-order valence-corrected chi connectivity index (χ4v) is 3.36. The van der Waals surface area contributed by atoms with Gasteiger partial charge in [-0.05, 0) is 26.3 Å². The molecule has 2 fully saturated rings. The van der Waals surface area contributed by atoms with Crippen molar-refractivity contribution in [1.82, 2.24) is 0 Å². The van der Waals surface area contributed by atoms with Gasteiger partial charge in [-0.2, -0.15) is 0 Å². The van der Waals surface area contributed by atoms with Crippen molar-refractivity contribution in [2.24, 2.45) is 11.8 Å². The van der Waals surface area contributed by atoms with Gasteiger partial charge in [0.05, 0.1) is 12.4 Å². The number of hydrogen-bond donors (Lipinski definition) is 1. The molecule has 78 valence electrons. The predicted octanol–water partition coefficient (Wildman–Crippen LogP) is 1.07. The third-order valence-corrected chi connectivity index (χ3v) is 4.12. The number of rotatable bonds is 0. The molecule has 0 aromatic heterocycles. The maximum absolute atomic E-state index is 10.1. The van der Waals surface area contributed by atoms with Gasteiger partial charge in [0.25, 0.3) is 0 Å². The molecule has 6 unspecified atom stereocenters. The number of ether oxygens (including phenoxy) is 2. The molecule has 1 saturated heterocycles. The van der Waals surface area contributed by atoms with Crippen LogP contribution in [0, 0.1) is 11.8 Å². The minimum Gasteiger partial charge on any atom is -0.498 e. The molecule has 1 aliphatic carbocycles. The van der Waals surface area contributed by atoms with Crippen molar-refractivity contribution >= 4 is 0 Å². The van der Waals surface area contributed by atoms with Crippen LogP contribution in [0.3, 0.4) is 0 Å². The van der Waals surface area contributed by atoms with Crippen LogP contribution in [0.15, 0.2) is 11.8 Å². The normalized spacial score (nSPS) is 59.7. The number of epoxide rings is 1. The van der Waals surface area contributed by atoms with Crippen LogP contribution in [0.4, 0.5) is 0 Å². The summed E-state index contributed by atoms with van der Waals surface area (Å²) < 4.78 is 11.1. The largest absolute Gasteiger partial charge is 0.498 e. The molecule has 3 rings (SSSR count). The van der Waals surface area contributed by atoms with Crippen LogP contribution in [0.5, 0.6) is 0 Å². The quantitative estimate of drug-likeness (QED) is 0.589. The number of aliphatic hydroxyl groups is 1. The SMILES string of the molecule is CC1=COC(C)C2C1C(O)C1OC12C. The lowest BCUT2D eigenvalue weighted by Crippen LogP contribution is -2.39. The second-order valence-corrected chi connectivity index (χ2v) is 4.97. The van der Waals surface area contributed by atoms with Gasteiger partial charge in [-0.25, -0.2) is 0 Å². The molecule has 0 amide bonds. The molecule has 0 aromatic rings. The lowest BCUT2D eigenvalue weighted by Gasteiger charge is -2.36. The van der Waals surface area contributed by atoms with Crippen molar-refractivity contribution in [3.63, 3.8) is 0 Å². The van der Waals surface area contributed by atoms with E-state index in [1.165, 1.54) is 0 Å². The molecular formula is C11H16O3. The Bertz CT molecular complexity index is 312. The van der Waals surface area contributed by atoms with Crippen LogP contribution in [-0.4, -0.2) is 29.0 Å². The highest BCUT2D eigenvalue weighted by molar-refractivity contribution is 5.27. The topological polar surface area (TPSA) is 42.0 Å². The summed E-state index contributed by atoms with van der Waals surface area (Å²) in [5.41, 5.74) is 1.01. The monoisotopic (exact) mass is 196 g/mol. The number of fused-ring (bicyclic) bond motifs is 3. The first-order chi connectivity index (χ1) is 6.55. The highest BCUT2D eigenvalue weighted by Gasteiger charge is 2.72. The average Bonchev–Trinajstić information content (AvgIpc) is 2.76. The van der Waals surface area contributed by atoms with Crippen molar-refractivity contribution in [3.05, 3.63) is 11.8 Å². The van der Waals surface area contributed by atoms with E-state index in [0.29, 0.717) is 5.92 Å². The molecule has 2 heterocycles. The smallest absolute Gasteiger partial charge is 0.114 e. The molecule has 6 atom stereocenters. The van der Waals surface area contributed by atoms with E-state index in [-0.39, 0.29) is 29.8 Å². The molecule has 0 bridgehead atoms. The van der Waals surface area contributed by atoms with Crippen LogP contribution in [0.1, 0.15) is 20.8 Å². The standard InChI is InChI=1S/C11H16O3/c1-5-4-13-6(2)8-7(5)9(12)10-11(8,3)14-10/h4,6-10,12H,1-3H3. The Morgan fingerprint density at radius 2 is 2.21 bits per heavy atom. The van der Waals surface area contributed by atoms with Crippen LogP contribution < -0.4 is 0 Å². The van der Waals surface area contributed by atoms with Gasteiger partial charge in [0.15, 0.2) is 0 Å². The molecule has 3 nitrogen and oxygen atoms in total. The fourth-order valence-electron chi connectivity index (χ4n) is 3.36. The molecule has 3 heteroatoms. The van der Waals surface area contributed by atoms with E-state index in [1.807, 2.05) is 6.92 Å². The van der Waals surface area contributed by atoms with Crippen molar-refractivity contribution in [3.8, 4) is 0 Å². The number of aliphatic hydroxyl groups excluding tert-OH is 1. The first-order valence-corrected chi connectivity index (χ1v) is 5.23. The first kappa shape index (κ1) is 8.74. The first-order valence-electron chi connectivity index (χ1n) is 5.23. The zero-order chi connectivity index (χ0) is 10.1. The second kappa shape index (κ2) is 2.34. The zero-order valence-corrected chi connectivity index (χ0v) is 8.73. The van der Waals surface area contributed by atoms with E-state index < -0.39 is 0 Å². The van der Waals surface area contributed by atoms with Crippen molar-refractivity contribution in [1.29, 1.82) is 0 Å². The Labute approximate surface area is 83.7 Å². The van der Waals surface area contributed by atoms with Gasteiger partial charge in [0.1, 0.15) is 17.8 Å². The highest BCUT2D eigenvalue weighted by atomic mass is 16.6. The Morgan fingerprint density at radius 1 is 1.50 bits per heavy atom. The molecule has 1 N–H and O–H groups in total. The van der Waals surface area contributed by atoms with E-state index >= 15 is 0 Å². The van der Waals surface area contributed by atoms with Crippen molar-refractivity contribution in [2.75, 3.05) is 0 Å². The van der Waals surface area contributed by atoms with Crippen molar-refractivity contribution < 1.29 is 14.6 Å². The Hall–Kier alpha value is -0.540. The van der Waals surface area contributed by atoms with E-state index in [9.17, 15) is 5.11 Å². The summed E-state index contributed by atoms with van der Waals surface area (Å²) in [6, 6.07) is 0. The lowest BCUT2D eigenvalue weighted by atomic mass is 9.79. The van der Waals surface area contributed by atoms with E-state index in [0.717, 1.165) is 5.57 Å². The molecule has 1 saturated carbocycles. The van der Waals surface area contributed by atoms with E-state index in [4.69, 9.17) is 9.47 Å². The van der Waals surface area contributed by atoms with Gasteiger partial charge in [0.2, 0.25) is 0 Å². The molecule has 0 radical (unpaired) electrons. The summed E-state index contributed by atoms with van der Waals surface area (Å²) in [6.07, 6.45) is 1.64. The summed E-state index contributed by atoms with van der Waals surface area (Å²) in [7, 11) is 0. The lowest BCUT2D eigenvalue weighted by molar-refractivity contribution is -0.0304. The maximum Gasteiger partial charge on any atom is 0.114 e. The average molecular weight is 196 g/mol. The van der Waals surface area contributed by atoms with Crippen LogP contribution in [0.25, 0.3) is 0 Å². The fraction of sp³-hybridized carbons (Fsp3) is 0.818. The zero-order valence-electron chi connectivity index (χ0n) is 8.73. The van der Waals surface area contributed by atoms with Crippen LogP contribution >= 0.6 is 0 Å². The van der Waals surface area contributed by atoms with Crippen LogP contribution in [-0.2, 0) is 9.47 Å². The highest BCUT2D eigenvalue weighted by Crippen LogP contribution is 2.60. The summed E-state index contributed by atoms with van der Waals surface area (Å²) in [6.45, 7) is 6.17. The molecule has 0 aromatic carbocycles. The van der Waals surface area contributed by atoms with Gasteiger partial charge >= 0.3 is 0 Å². The molecular weight excluding hydrogens is 180 g/mol. The number of hydrogen-bond acceptors (Lipinski definition) is 3.